The third-order valence-corrected chi connectivity index (χ3v) is 3.34. The van der Waals surface area contributed by atoms with Gasteiger partial charge < -0.3 is 11.1 Å². The largest absolute Gasteiger partial charge is 0.382 e. The lowest BCUT2D eigenvalue weighted by atomic mass is 10.2. The zero-order chi connectivity index (χ0) is 15.7. The van der Waals surface area contributed by atoms with Crippen LogP contribution in [0.4, 0.5) is 14.6 Å². The molecule has 1 aliphatic rings. The Kier molecular flexibility index (Phi) is 3.81. The number of amidine groups is 1. The third kappa shape index (κ3) is 2.94. The summed E-state index contributed by atoms with van der Waals surface area (Å²) in [6, 6.07) is 5.20. The second-order valence-electron chi connectivity index (χ2n) is 4.75. The van der Waals surface area contributed by atoms with Crippen molar-refractivity contribution in [3.63, 3.8) is 0 Å². The van der Waals surface area contributed by atoms with Gasteiger partial charge in [0.05, 0.1) is 23.0 Å². The van der Waals surface area contributed by atoms with E-state index in [1.807, 2.05) is 0 Å². The minimum absolute atomic E-state index is 0.282. The SMILES string of the molecule is Nc1cc(CC2=NCC(Cl)=CN2)n(-c2ccc(F)c(F)c2)n1. The van der Waals surface area contributed by atoms with Gasteiger partial charge >= 0.3 is 0 Å². The van der Waals surface area contributed by atoms with Crippen LogP contribution in [0.5, 0.6) is 0 Å². The first-order chi connectivity index (χ1) is 10.5. The number of benzene rings is 1. The lowest BCUT2D eigenvalue weighted by Crippen LogP contribution is -2.25. The van der Waals surface area contributed by atoms with Gasteiger partial charge in [0.25, 0.3) is 0 Å². The molecule has 1 aromatic carbocycles. The molecule has 3 rings (SSSR count). The highest BCUT2D eigenvalue weighted by Gasteiger charge is 2.14. The van der Waals surface area contributed by atoms with Crippen LogP contribution in [0.25, 0.3) is 5.69 Å². The van der Waals surface area contributed by atoms with Crippen molar-refractivity contribution in [2.24, 2.45) is 4.99 Å². The average Bonchev–Trinajstić information content (AvgIpc) is 2.85. The Hall–Kier alpha value is -2.41. The Morgan fingerprint density at radius 2 is 2.09 bits per heavy atom. The van der Waals surface area contributed by atoms with Gasteiger partial charge in [-0.15, -0.1) is 0 Å². The molecule has 0 saturated carbocycles. The van der Waals surface area contributed by atoms with Crippen LogP contribution in [-0.2, 0) is 6.42 Å². The third-order valence-electron chi connectivity index (χ3n) is 3.11. The predicted octanol–water partition coefficient (Wildman–Crippen LogP) is 2.36. The first kappa shape index (κ1) is 14.5. The Balaban J connectivity index is 1.91. The van der Waals surface area contributed by atoms with Crippen molar-refractivity contribution < 1.29 is 8.78 Å². The van der Waals surface area contributed by atoms with Gasteiger partial charge in [-0.1, -0.05) is 11.6 Å². The van der Waals surface area contributed by atoms with Crippen molar-refractivity contribution in [1.29, 1.82) is 0 Å². The molecule has 0 bridgehead atoms. The molecule has 0 fully saturated rings. The van der Waals surface area contributed by atoms with E-state index in [-0.39, 0.29) is 5.82 Å². The van der Waals surface area contributed by atoms with Gasteiger partial charge in [0.2, 0.25) is 0 Å². The molecule has 0 radical (unpaired) electrons. The van der Waals surface area contributed by atoms with E-state index in [2.05, 4.69) is 15.4 Å². The second kappa shape index (κ2) is 5.76. The Bertz CT molecular complexity index is 782. The molecule has 5 nitrogen and oxygen atoms in total. The van der Waals surface area contributed by atoms with Crippen molar-refractivity contribution in [3.8, 4) is 5.69 Å². The summed E-state index contributed by atoms with van der Waals surface area (Å²) in [7, 11) is 0. The van der Waals surface area contributed by atoms with E-state index in [1.165, 1.54) is 10.7 Å². The molecule has 22 heavy (non-hydrogen) atoms. The quantitative estimate of drug-likeness (QED) is 0.911. The van der Waals surface area contributed by atoms with Gasteiger partial charge in [-0.05, 0) is 12.1 Å². The fourth-order valence-corrected chi connectivity index (χ4v) is 2.22. The summed E-state index contributed by atoms with van der Waals surface area (Å²) < 4.78 is 27.9. The number of rotatable bonds is 3. The summed E-state index contributed by atoms with van der Waals surface area (Å²) in [5, 5.41) is 7.69. The lowest BCUT2D eigenvalue weighted by Gasteiger charge is -2.13. The number of hydrogen-bond donors (Lipinski definition) is 2. The smallest absolute Gasteiger partial charge is 0.160 e. The summed E-state index contributed by atoms with van der Waals surface area (Å²) in [6.45, 7) is 0.401. The molecule has 0 aliphatic carbocycles. The minimum atomic E-state index is -0.944. The summed E-state index contributed by atoms with van der Waals surface area (Å²) >= 11 is 5.83. The molecule has 0 saturated heterocycles. The van der Waals surface area contributed by atoms with E-state index in [0.717, 1.165) is 12.1 Å². The molecule has 0 atom stereocenters. The van der Waals surface area contributed by atoms with Crippen LogP contribution in [0.3, 0.4) is 0 Å². The summed E-state index contributed by atoms with van der Waals surface area (Å²) in [5.41, 5.74) is 6.80. The van der Waals surface area contributed by atoms with Crippen molar-refractivity contribution in [2.45, 2.75) is 6.42 Å². The van der Waals surface area contributed by atoms with E-state index in [4.69, 9.17) is 17.3 Å². The van der Waals surface area contributed by atoms with Gasteiger partial charge in [-0.25, -0.2) is 13.5 Å². The molecule has 2 heterocycles. The number of nitrogens with zero attached hydrogens (tertiary/aromatic N) is 3. The molecule has 2 aromatic rings. The summed E-state index contributed by atoms with van der Waals surface area (Å²) in [4.78, 5) is 4.27. The summed E-state index contributed by atoms with van der Waals surface area (Å²) in [6.07, 6.45) is 2.06. The van der Waals surface area contributed by atoms with Crippen molar-refractivity contribution in [2.75, 3.05) is 12.3 Å². The Morgan fingerprint density at radius 1 is 1.27 bits per heavy atom. The van der Waals surface area contributed by atoms with Gasteiger partial charge in [-0.3, -0.25) is 4.99 Å². The fourth-order valence-electron chi connectivity index (χ4n) is 2.11. The maximum atomic E-state index is 13.4. The first-order valence-electron chi connectivity index (χ1n) is 6.47. The number of hydrogen-bond acceptors (Lipinski definition) is 4. The van der Waals surface area contributed by atoms with Crippen LogP contribution in [0.15, 0.2) is 40.5 Å². The van der Waals surface area contributed by atoms with E-state index >= 15 is 0 Å². The number of aliphatic imine (C=N–C) groups is 1. The van der Waals surface area contributed by atoms with Gasteiger partial charge in [-0.2, -0.15) is 5.10 Å². The standard InChI is InChI=1S/C14H12ClF2N5/c15-8-6-19-14(20-7-8)5-10-4-13(18)21-22(10)9-1-2-11(16)12(17)3-9/h1-4,6H,5,7H2,(H2,18,21)(H,19,20). The van der Waals surface area contributed by atoms with E-state index in [0.29, 0.717) is 35.2 Å². The molecule has 1 aromatic heterocycles. The van der Waals surface area contributed by atoms with Gasteiger partial charge in [0.15, 0.2) is 11.6 Å². The maximum absolute atomic E-state index is 13.4. The highest BCUT2D eigenvalue weighted by Crippen LogP contribution is 2.18. The molecular formula is C14H12ClF2N5. The van der Waals surface area contributed by atoms with E-state index in [9.17, 15) is 8.78 Å². The number of nitrogens with two attached hydrogens (primary N) is 1. The minimum Gasteiger partial charge on any atom is -0.382 e. The van der Waals surface area contributed by atoms with Gasteiger partial charge in [0.1, 0.15) is 11.7 Å². The molecule has 3 N–H and O–H groups in total. The maximum Gasteiger partial charge on any atom is 0.160 e. The first-order valence-corrected chi connectivity index (χ1v) is 6.85. The van der Waals surface area contributed by atoms with Crippen molar-refractivity contribution in [1.82, 2.24) is 15.1 Å². The molecule has 0 amide bonds. The highest BCUT2D eigenvalue weighted by molar-refractivity contribution is 6.30. The molecule has 0 unspecified atom stereocenters. The zero-order valence-electron chi connectivity index (χ0n) is 11.4. The lowest BCUT2D eigenvalue weighted by molar-refractivity contribution is 0.507. The average molecular weight is 324 g/mol. The van der Waals surface area contributed by atoms with E-state index < -0.39 is 11.6 Å². The Morgan fingerprint density at radius 3 is 2.77 bits per heavy atom. The number of halogens is 3. The molecular weight excluding hydrogens is 312 g/mol. The number of nitrogens with one attached hydrogen (secondary N) is 1. The summed E-state index contributed by atoms with van der Waals surface area (Å²) in [5.74, 6) is -0.887. The second-order valence-corrected chi connectivity index (χ2v) is 5.23. The number of aromatic nitrogens is 2. The van der Waals surface area contributed by atoms with Crippen LogP contribution in [0.1, 0.15) is 5.69 Å². The van der Waals surface area contributed by atoms with Crippen LogP contribution in [0.2, 0.25) is 0 Å². The number of anilines is 1. The predicted molar refractivity (Wildman–Crippen MR) is 81.0 cm³/mol. The topological polar surface area (TPSA) is 68.2 Å². The Labute approximate surface area is 130 Å². The molecule has 1 aliphatic heterocycles. The van der Waals surface area contributed by atoms with Crippen molar-refractivity contribution >= 4 is 23.3 Å². The normalized spacial score (nSPS) is 14.3. The molecule has 114 valence electrons. The monoisotopic (exact) mass is 323 g/mol. The van der Waals surface area contributed by atoms with Crippen LogP contribution in [0, 0.1) is 11.6 Å². The fraction of sp³-hybridized carbons (Fsp3) is 0.143. The van der Waals surface area contributed by atoms with Crippen molar-refractivity contribution in [3.05, 3.63) is 52.8 Å². The van der Waals surface area contributed by atoms with Crippen LogP contribution < -0.4 is 11.1 Å². The van der Waals surface area contributed by atoms with Gasteiger partial charge in [0, 0.05) is 24.8 Å². The zero-order valence-corrected chi connectivity index (χ0v) is 12.1. The van der Waals surface area contributed by atoms with Crippen LogP contribution >= 0.6 is 11.6 Å². The molecule has 8 heteroatoms. The van der Waals surface area contributed by atoms with E-state index in [1.54, 1.807) is 12.3 Å². The molecule has 0 spiro atoms. The van der Waals surface area contributed by atoms with Crippen LogP contribution in [-0.4, -0.2) is 22.2 Å². The highest BCUT2D eigenvalue weighted by atomic mass is 35.5. The number of nitrogen functional groups attached to an aromatic ring is 1.